The van der Waals surface area contributed by atoms with Gasteiger partial charge in [-0.1, -0.05) is 13.3 Å². The Kier molecular flexibility index (Phi) is 4.14. The number of thioether (sulfide) groups is 1. The number of nitrogens with one attached hydrogen (secondary N) is 1. The quantitative estimate of drug-likeness (QED) is 0.776. The first-order valence-corrected chi connectivity index (χ1v) is 7.37. The topological polar surface area (TPSA) is 49.3 Å². The molecule has 0 heterocycles. The van der Waals surface area contributed by atoms with Crippen molar-refractivity contribution in [3.8, 4) is 0 Å². The van der Waals surface area contributed by atoms with Crippen molar-refractivity contribution in [1.29, 1.82) is 0 Å². The van der Waals surface area contributed by atoms with Crippen LogP contribution in [0.5, 0.6) is 0 Å². The Labute approximate surface area is 101 Å². The zero-order valence-corrected chi connectivity index (χ0v) is 10.6. The van der Waals surface area contributed by atoms with E-state index in [4.69, 9.17) is 5.11 Å². The molecule has 92 valence electrons. The summed E-state index contributed by atoms with van der Waals surface area (Å²) in [6, 6.07) is 0.789. The summed E-state index contributed by atoms with van der Waals surface area (Å²) in [5.41, 5.74) is 0. The Morgan fingerprint density at radius 3 is 2.69 bits per heavy atom. The highest BCUT2D eigenvalue weighted by atomic mass is 32.2. The molecular formula is C12H21NO2S. The Morgan fingerprint density at radius 1 is 1.31 bits per heavy atom. The number of carbonyl (C=O) groups is 1. The van der Waals surface area contributed by atoms with E-state index in [1.165, 1.54) is 19.3 Å². The molecule has 3 nitrogen and oxygen atoms in total. The maximum atomic E-state index is 10.9. The molecule has 16 heavy (non-hydrogen) atoms. The molecule has 2 fully saturated rings. The zero-order valence-electron chi connectivity index (χ0n) is 9.82. The molecule has 0 radical (unpaired) electrons. The number of rotatable bonds is 5. The van der Waals surface area contributed by atoms with Crippen LogP contribution >= 0.6 is 11.8 Å². The van der Waals surface area contributed by atoms with Crippen LogP contribution in [0, 0.1) is 5.92 Å². The summed E-state index contributed by atoms with van der Waals surface area (Å²) >= 11 is 2.02. The van der Waals surface area contributed by atoms with Gasteiger partial charge in [0.05, 0.1) is 5.92 Å². The van der Waals surface area contributed by atoms with Crippen LogP contribution < -0.4 is 5.32 Å². The van der Waals surface area contributed by atoms with Crippen LogP contribution in [-0.4, -0.2) is 34.2 Å². The number of hydrogen-bond donors (Lipinski definition) is 2. The van der Waals surface area contributed by atoms with E-state index in [9.17, 15) is 4.79 Å². The summed E-state index contributed by atoms with van der Waals surface area (Å²) in [6.07, 6.45) is 5.70. The SMILES string of the molecule is CCSC1CCCC1NC1CCC1C(=O)O. The van der Waals surface area contributed by atoms with Crippen molar-refractivity contribution in [3.05, 3.63) is 0 Å². The van der Waals surface area contributed by atoms with E-state index in [0.29, 0.717) is 11.3 Å². The predicted molar refractivity (Wildman–Crippen MR) is 66.8 cm³/mol. The lowest BCUT2D eigenvalue weighted by Crippen LogP contribution is -2.52. The van der Waals surface area contributed by atoms with E-state index in [0.717, 1.165) is 18.6 Å². The summed E-state index contributed by atoms with van der Waals surface area (Å²) in [4.78, 5) is 10.9. The van der Waals surface area contributed by atoms with Gasteiger partial charge in [-0.25, -0.2) is 0 Å². The second-order valence-electron chi connectivity index (χ2n) is 4.83. The lowest BCUT2D eigenvalue weighted by atomic mass is 9.79. The van der Waals surface area contributed by atoms with Crippen molar-refractivity contribution in [2.75, 3.05) is 5.75 Å². The van der Waals surface area contributed by atoms with E-state index in [1.54, 1.807) is 0 Å². The molecule has 2 aliphatic carbocycles. The summed E-state index contributed by atoms with van der Waals surface area (Å²) < 4.78 is 0. The van der Waals surface area contributed by atoms with Gasteiger partial charge < -0.3 is 10.4 Å². The third-order valence-electron chi connectivity index (χ3n) is 3.85. The molecule has 2 aliphatic rings. The minimum Gasteiger partial charge on any atom is -0.481 e. The van der Waals surface area contributed by atoms with E-state index in [2.05, 4.69) is 12.2 Å². The predicted octanol–water partition coefficient (Wildman–Crippen LogP) is 2.11. The lowest BCUT2D eigenvalue weighted by molar-refractivity contribution is -0.146. The number of hydrogen-bond acceptors (Lipinski definition) is 3. The molecule has 0 bridgehead atoms. The van der Waals surface area contributed by atoms with Gasteiger partial charge in [0.2, 0.25) is 0 Å². The van der Waals surface area contributed by atoms with Crippen LogP contribution in [0.1, 0.15) is 39.0 Å². The standard InChI is InChI=1S/C12H21NO2S/c1-2-16-11-5-3-4-10(11)13-9-7-6-8(9)12(14)15/h8-11,13H,2-7H2,1H3,(H,14,15). The summed E-state index contributed by atoms with van der Waals surface area (Å²) in [5.74, 6) is 0.407. The van der Waals surface area contributed by atoms with Crippen LogP contribution in [0.4, 0.5) is 0 Å². The minimum absolute atomic E-state index is 0.132. The highest BCUT2D eigenvalue weighted by Crippen LogP contribution is 2.34. The summed E-state index contributed by atoms with van der Waals surface area (Å²) in [6.45, 7) is 2.20. The molecule has 0 saturated heterocycles. The summed E-state index contributed by atoms with van der Waals surface area (Å²) in [5, 5.41) is 13.3. The van der Waals surface area contributed by atoms with Gasteiger partial charge in [-0.2, -0.15) is 11.8 Å². The fourth-order valence-electron chi connectivity index (χ4n) is 2.80. The molecule has 0 aliphatic heterocycles. The first kappa shape index (κ1) is 12.2. The molecule has 0 aromatic carbocycles. The minimum atomic E-state index is -0.624. The molecule has 4 atom stereocenters. The molecule has 4 unspecified atom stereocenters. The fraction of sp³-hybridized carbons (Fsp3) is 0.917. The van der Waals surface area contributed by atoms with Gasteiger partial charge in [0.1, 0.15) is 0 Å². The molecule has 0 aromatic rings. The van der Waals surface area contributed by atoms with Gasteiger partial charge in [-0.3, -0.25) is 4.79 Å². The summed E-state index contributed by atoms with van der Waals surface area (Å²) in [7, 11) is 0. The van der Waals surface area contributed by atoms with E-state index >= 15 is 0 Å². The fourth-order valence-corrected chi connectivity index (χ4v) is 4.01. The van der Waals surface area contributed by atoms with Crippen LogP contribution in [0.25, 0.3) is 0 Å². The largest absolute Gasteiger partial charge is 0.481 e. The number of aliphatic carboxylic acids is 1. The van der Waals surface area contributed by atoms with Crippen LogP contribution in [0.15, 0.2) is 0 Å². The van der Waals surface area contributed by atoms with Crippen molar-refractivity contribution >= 4 is 17.7 Å². The highest BCUT2D eigenvalue weighted by molar-refractivity contribution is 7.99. The highest BCUT2D eigenvalue weighted by Gasteiger charge is 2.39. The van der Waals surface area contributed by atoms with Crippen molar-refractivity contribution in [2.24, 2.45) is 5.92 Å². The maximum Gasteiger partial charge on any atom is 0.308 e. The van der Waals surface area contributed by atoms with Crippen molar-refractivity contribution in [2.45, 2.75) is 56.4 Å². The Morgan fingerprint density at radius 2 is 2.12 bits per heavy atom. The normalized spacial score (nSPS) is 38.3. The second kappa shape index (κ2) is 5.41. The third-order valence-corrected chi connectivity index (χ3v) is 5.18. The second-order valence-corrected chi connectivity index (χ2v) is 6.34. The molecule has 2 N–H and O–H groups in total. The van der Waals surface area contributed by atoms with Crippen LogP contribution in [0.2, 0.25) is 0 Å². The zero-order chi connectivity index (χ0) is 11.5. The molecule has 0 aromatic heterocycles. The van der Waals surface area contributed by atoms with Crippen molar-refractivity contribution < 1.29 is 9.90 Å². The Bertz CT molecular complexity index is 259. The van der Waals surface area contributed by atoms with Gasteiger partial charge in [-0.15, -0.1) is 0 Å². The van der Waals surface area contributed by atoms with Crippen molar-refractivity contribution in [1.82, 2.24) is 5.32 Å². The smallest absolute Gasteiger partial charge is 0.308 e. The number of carboxylic acids is 1. The average molecular weight is 243 g/mol. The molecule has 2 rings (SSSR count). The maximum absolute atomic E-state index is 10.9. The third kappa shape index (κ3) is 2.54. The first-order chi connectivity index (χ1) is 7.72. The van der Waals surface area contributed by atoms with E-state index in [1.807, 2.05) is 11.8 Å². The van der Waals surface area contributed by atoms with Gasteiger partial charge >= 0.3 is 5.97 Å². The van der Waals surface area contributed by atoms with Crippen LogP contribution in [-0.2, 0) is 4.79 Å². The van der Waals surface area contributed by atoms with Gasteiger partial charge in [0, 0.05) is 17.3 Å². The molecule has 0 spiro atoms. The Balaban J connectivity index is 1.82. The molecule has 2 saturated carbocycles. The average Bonchev–Trinajstić information content (AvgIpc) is 2.60. The van der Waals surface area contributed by atoms with E-state index < -0.39 is 5.97 Å². The number of carboxylic acid groups (broad SMARTS) is 1. The monoisotopic (exact) mass is 243 g/mol. The van der Waals surface area contributed by atoms with Crippen LogP contribution in [0.3, 0.4) is 0 Å². The van der Waals surface area contributed by atoms with Gasteiger partial charge in [0.15, 0.2) is 0 Å². The van der Waals surface area contributed by atoms with E-state index in [-0.39, 0.29) is 12.0 Å². The van der Waals surface area contributed by atoms with Gasteiger partial charge in [-0.05, 0) is 31.4 Å². The van der Waals surface area contributed by atoms with Crippen molar-refractivity contribution in [3.63, 3.8) is 0 Å². The lowest BCUT2D eigenvalue weighted by Gasteiger charge is -2.37. The molecule has 0 amide bonds. The first-order valence-electron chi connectivity index (χ1n) is 6.32. The Hall–Kier alpha value is -0.220. The molecule has 4 heteroatoms. The van der Waals surface area contributed by atoms with Gasteiger partial charge in [0.25, 0.3) is 0 Å². The molecular weight excluding hydrogens is 222 g/mol.